The van der Waals surface area contributed by atoms with E-state index in [-0.39, 0.29) is 11.6 Å². The van der Waals surface area contributed by atoms with Crippen LogP contribution in [0.15, 0.2) is 40.9 Å². The van der Waals surface area contributed by atoms with Crippen LogP contribution in [0.5, 0.6) is 0 Å². The minimum atomic E-state index is -0.516. The number of rotatable bonds is 3. The van der Waals surface area contributed by atoms with Gasteiger partial charge in [0, 0.05) is 27.2 Å². The van der Waals surface area contributed by atoms with Crippen molar-refractivity contribution < 1.29 is 9.72 Å². The van der Waals surface area contributed by atoms with Gasteiger partial charge in [-0.05, 0) is 52.7 Å². The second kappa shape index (κ2) is 6.24. The summed E-state index contributed by atoms with van der Waals surface area (Å²) >= 11 is 9.37. The molecule has 0 aliphatic rings. The molecule has 0 radical (unpaired) electrons. The van der Waals surface area contributed by atoms with Gasteiger partial charge in [-0.1, -0.05) is 11.6 Å². The van der Waals surface area contributed by atoms with Gasteiger partial charge in [0.25, 0.3) is 11.6 Å². The molecule has 0 aliphatic carbocycles. The molecular weight excluding hydrogens is 360 g/mol. The van der Waals surface area contributed by atoms with Gasteiger partial charge < -0.3 is 5.32 Å². The zero-order chi connectivity index (χ0) is 15.6. The first-order valence-electron chi connectivity index (χ1n) is 5.90. The molecule has 2 rings (SSSR count). The number of carbonyl (C=O) groups is 1. The SMILES string of the molecule is Cc1cc(Br)c(NC(=O)c2ccc([N+](=O)[O-])cc2)cc1Cl. The van der Waals surface area contributed by atoms with E-state index < -0.39 is 4.92 Å². The van der Waals surface area contributed by atoms with Crippen molar-refractivity contribution in [2.75, 3.05) is 5.32 Å². The summed E-state index contributed by atoms with van der Waals surface area (Å²) in [6.45, 7) is 1.86. The summed E-state index contributed by atoms with van der Waals surface area (Å²) in [5.74, 6) is -0.370. The van der Waals surface area contributed by atoms with Gasteiger partial charge in [-0.25, -0.2) is 0 Å². The normalized spacial score (nSPS) is 10.2. The molecule has 0 aromatic heterocycles. The maximum Gasteiger partial charge on any atom is 0.269 e. The highest BCUT2D eigenvalue weighted by atomic mass is 79.9. The average molecular weight is 370 g/mol. The molecule has 0 spiro atoms. The summed E-state index contributed by atoms with van der Waals surface area (Å²) in [7, 11) is 0. The lowest BCUT2D eigenvalue weighted by atomic mass is 10.2. The van der Waals surface area contributed by atoms with E-state index in [4.69, 9.17) is 11.6 Å². The molecule has 1 amide bonds. The Hall–Kier alpha value is -1.92. The van der Waals surface area contributed by atoms with Gasteiger partial charge in [-0.3, -0.25) is 14.9 Å². The number of nitro benzene ring substituents is 1. The average Bonchev–Trinajstić information content (AvgIpc) is 2.44. The van der Waals surface area contributed by atoms with Crippen LogP contribution in [-0.4, -0.2) is 10.8 Å². The monoisotopic (exact) mass is 368 g/mol. The quantitative estimate of drug-likeness (QED) is 0.636. The molecule has 108 valence electrons. The third-order valence-corrected chi connectivity index (χ3v) is 3.90. The first kappa shape index (κ1) is 15.5. The van der Waals surface area contributed by atoms with Gasteiger partial charge in [-0.2, -0.15) is 0 Å². The molecule has 7 heteroatoms. The summed E-state index contributed by atoms with van der Waals surface area (Å²) in [4.78, 5) is 22.2. The van der Waals surface area contributed by atoms with E-state index in [1.807, 2.05) is 6.92 Å². The highest BCUT2D eigenvalue weighted by Crippen LogP contribution is 2.29. The fraction of sp³-hybridized carbons (Fsp3) is 0.0714. The van der Waals surface area contributed by atoms with E-state index in [2.05, 4.69) is 21.2 Å². The van der Waals surface area contributed by atoms with Crippen LogP contribution in [0.4, 0.5) is 11.4 Å². The van der Waals surface area contributed by atoms with E-state index in [1.165, 1.54) is 24.3 Å². The van der Waals surface area contributed by atoms with Crippen molar-refractivity contribution in [2.45, 2.75) is 6.92 Å². The maximum absolute atomic E-state index is 12.1. The van der Waals surface area contributed by atoms with Gasteiger partial charge in [0.1, 0.15) is 0 Å². The first-order chi connectivity index (χ1) is 9.88. The summed E-state index contributed by atoms with van der Waals surface area (Å²) in [6.07, 6.45) is 0. The van der Waals surface area contributed by atoms with Gasteiger partial charge >= 0.3 is 0 Å². The summed E-state index contributed by atoms with van der Waals surface area (Å²) in [5, 5.41) is 13.8. The predicted octanol–water partition coefficient (Wildman–Crippen LogP) is 4.57. The summed E-state index contributed by atoms with van der Waals surface area (Å²) in [5.41, 5.74) is 1.68. The van der Waals surface area contributed by atoms with Crippen molar-refractivity contribution in [3.8, 4) is 0 Å². The number of nitro groups is 1. The Kier molecular flexibility index (Phi) is 4.59. The lowest BCUT2D eigenvalue weighted by Crippen LogP contribution is -2.12. The molecule has 0 bridgehead atoms. The number of nitrogens with zero attached hydrogens (tertiary/aromatic N) is 1. The van der Waals surface area contributed by atoms with Crippen molar-refractivity contribution in [3.05, 3.63) is 67.1 Å². The van der Waals surface area contributed by atoms with Crippen LogP contribution < -0.4 is 5.32 Å². The van der Waals surface area contributed by atoms with E-state index in [1.54, 1.807) is 12.1 Å². The van der Waals surface area contributed by atoms with Crippen molar-refractivity contribution >= 4 is 44.8 Å². The number of hydrogen-bond acceptors (Lipinski definition) is 3. The van der Waals surface area contributed by atoms with E-state index in [0.717, 1.165) is 5.56 Å². The molecular formula is C14H10BrClN2O3. The fourth-order valence-electron chi connectivity index (χ4n) is 1.67. The minimum absolute atomic E-state index is 0.0638. The first-order valence-corrected chi connectivity index (χ1v) is 7.07. The molecule has 2 aromatic carbocycles. The van der Waals surface area contributed by atoms with Crippen LogP contribution in [0, 0.1) is 17.0 Å². The lowest BCUT2D eigenvalue weighted by Gasteiger charge is -2.09. The lowest BCUT2D eigenvalue weighted by molar-refractivity contribution is -0.384. The standard InChI is InChI=1S/C14H10BrClN2O3/c1-8-6-11(15)13(7-12(8)16)17-14(19)9-2-4-10(5-3-9)18(20)21/h2-7H,1H3,(H,17,19). The Morgan fingerprint density at radius 2 is 1.90 bits per heavy atom. The third-order valence-electron chi connectivity index (χ3n) is 2.84. The number of non-ortho nitro benzene ring substituents is 1. The molecule has 0 atom stereocenters. The molecule has 0 fully saturated rings. The molecule has 0 saturated heterocycles. The Balaban J connectivity index is 2.22. The fourth-order valence-corrected chi connectivity index (χ4v) is 2.39. The number of aryl methyl sites for hydroxylation is 1. The number of benzene rings is 2. The van der Waals surface area contributed by atoms with E-state index >= 15 is 0 Å². The van der Waals surface area contributed by atoms with Crippen LogP contribution in [0.3, 0.4) is 0 Å². The Morgan fingerprint density at radius 3 is 2.48 bits per heavy atom. The number of anilines is 1. The van der Waals surface area contributed by atoms with Crippen molar-refractivity contribution in [3.63, 3.8) is 0 Å². The highest BCUT2D eigenvalue weighted by Gasteiger charge is 2.12. The second-order valence-electron chi connectivity index (χ2n) is 4.34. The predicted molar refractivity (Wildman–Crippen MR) is 84.9 cm³/mol. The van der Waals surface area contributed by atoms with Crippen LogP contribution in [0.1, 0.15) is 15.9 Å². The molecule has 0 heterocycles. The van der Waals surface area contributed by atoms with Crippen LogP contribution in [0.25, 0.3) is 0 Å². The third kappa shape index (κ3) is 3.59. The number of hydrogen-bond donors (Lipinski definition) is 1. The molecule has 5 nitrogen and oxygen atoms in total. The zero-order valence-corrected chi connectivity index (χ0v) is 13.2. The van der Waals surface area contributed by atoms with Crippen molar-refractivity contribution in [2.24, 2.45) is 0 Å². The van der Waals surface area contributed by atoms with Crippen molar-refractivity contribution in [1.29, 1.82) is 0 Å². The van der Waals surface area contributed by atoms with Gasteiger partial charge in [0.2, 0.25) is 0 Å². The molecule has 0 unspecified atom stereocenters. The topological polar surface area (TPSA) is 72.2 Å². The summed E-state index contributed by atoms with van der Waals surface area (Å²) in [6, 6.07) is 8.81. The molecule has 2 aromatic rings. The van der Waals surface area contributed by atoms with Gasteiger partial charge in [0.15, 0.2) is 0 Å². The van der Waals surface area contributed by atoms with Gasteiger partial charge in [0.05, 0.1) is 10.6 Å². The second-order valence-corrected chi connectivity index (χ2v) is 5.60. The van der Waals surface area contributed by atoms with Crippen molar-refractivity contribution in [1.82, 2.24) is 0 Å². The van der Waals surface area contributed by atoms with Crippen LogP contribution in [0.2, 0.25) is 5.02 Å². The number of carbonyl (C=O) groups excluding carboxylic acids is 1. The number of halogens is 2. The highest BCUT2D eigenvalue weighted by molar-refractivity contribution is 9.10. The van der Waals surface area contributed by atoms with Crippen LogP contribution in [-0.2, 0) is 0 Å². The smallest absolute Gasteiger partial charge is 0.269 e. The zero-order valence-electron chi connectivity index (χ0n) is 10.9. The van der Waals surface area contributed by atoms with E-state index in [0.29, 0.717) is 20.7 Å². The Bertz CT molecular complexity index is 717. The number of nitrogens with one attached hydrogen (secondary N) is 1. The Morgan fingerprint density at radius 1 is 1.29 bits per heavy atom. The Labute approximate surface area is 134 Å². The number of amides is 1. The van der Waals surface area contributed by atoms with Gasteiger partial charge in [-0.15, -0.1) is 0 Å². The minimum Gasteiger partial charge on any atom is -0.321 e. The molecule has 1 N–H and O–H groups in total. The largest absolute Gasteiger partial charge is 0.321 e. The van der Waals surface area contributed by atoms with E-state index in [9.17, 15) is 14.9 Å². The molecule has 0 saturated carbocycles. The van der Waals surface area contributed by atoms with Crippen LogP contribution >= 0.6 is 27.5 Å². The summed E-state index contributed by atoms with van der Waals surface area (Å²) < 4.78 is 0.708. The molecule has 21 heavy (non-hydrogen) atoms. The maximum atomic E-state index is 12.1. The molecule has 0 aliphatic heterocycles.